The van der Waals surface area contributed by atoms with Crippen molar-refractivity contribution < 1.29 is 4.92 Å². The third-order valence-corrected chi connectivity index (χ3v) is 3.59. The van der Waals surface area contributed by atoms with E-state index in [1.807, 2.05) is 26.0 Å². The van der Waals surface area contributed by atoms with E-state index >= 15 is 0 Å². The molecule has 0 radical (unpaired) electrons. The molecule has 1 heterocycles. The summed E-state index contributed by atoms with van der Waals surface area (Å²) < 4.78 is 1.46. The minimum Gasteiger partial charge on any atom is -0.258 e. The van der Waals surface area contributed by atoms with Crippen molar-refractivity contribution in [3.63, 3.8) is 0 Å². The number of benzene rings is 1. The maximum Gasteiger partial charge on any atom is 0.329 e. The van der Waals surface area contributed by atoms with Crippen LogP contribution in [0, 0.1) is 16.0 Å². The molecule has 0 spiro atoms. The number of halogens is 2. The van der Waals surface area contributed by atoms with Gasteiger partial charge in [0.25, 0.3) is 0 Å². The molecule has 0 aliphatic carbocycles. The molecule has 0 aliphatic heterocycles. The molecule has 0 atom stereocenters. The highest BCUT2D eigenvalue weighted by atomic mass is 35.5. The molecule has 7 heteroatoms. The van der Waals surface area contributed by atoms with Crippen LogP contribution in [0.4, 0.5) is 5.69 Å². The monoisotopic (exact) mass is 327 g/mol. The van der Waals surface area contributed by atoms with Crippen molar-refractivity contribution in [2.24, 2.45) is 5.92 Å². The molecular formula is C14H15Cl2N3O2. The predicted molar refractivity (Wildman–Crippen MR) is 83.0 cm³/mol. The molecule has 0 saturated heterocycles. The van der Waals surface area contributed by atoms with E-state index in [0.29, 0.717) is 23.7 Å². The van der Waals surface area contributed by atoms with Crippen molar-refractivity contribution in [2.75, 3.05) is 0 Å². The van der Waals surface area contributed by atoms with Gasteiger partial charge in [0.15, 0.2) is 0 Å². The number of nitrogens with zero attached hydrogens (tertiary/aromatic N) is 3. The molecule has 1 aromatic heterocycles. The largest absolute Gasteiger partial charge is 0.329 e. The second kappa shape index (κ2) is 6.45. The molecule has 0 amide bonds. The molecule has 0 aliphatic rings. The summed E-state index contributed by atoms with van der Waals surface area (Å²) in [6.07, 6.45) is 0.518. The smallest absolute Gasteiger partial charge is 0.258 e. The van der Waals surface area contributed by atoms with E-state index in [9.17, 15) is 10.1 Å². The zero-order valence-corrected chi connectivity index (χ0v) is 13.2. The highest BCUT2D eigenvalue weighted by Crippen LogP contribution is 2.30. The standard InChI is InChI=1S/C14H15Cl2N3O2/c1-9(2)7-12-13(19(20)21)14(16)18(17-12)8-10-3-5-11(15)6-4-10/h3-6,9H,7-8H2,1-2H3. The zero-order valence-electron chi connectivity index (χ0n) is 11.7. The summed E-state index contributed by atoms with van der Waals surface area (Å²) in [6.45, 7) is 4.33. The number of aromatic nitrogens is 2. The Labute approximate surface area is 132 Å². The lowest BCUT2D eigenvalue weighted by atomic mass is 10.1. The Morgan fingerprint density at radius 1 is 1.29 bits per heavy atom. The van der Waals surface area contributed by atoms with Gasteiger partial charge in [-0.15, -0.1) is 0 Å². The average molecular weight is 328 g/mol. The molecule has 2 aromatic rings. The van der Waals surface area contributed by atoms with Crippen LogP contribution < -0.4 is 0 Å². The molecule has 0 N–H and O–H groups in total. The maximum absolute atomic E-state index is 11.2. The third-order valence-electron chi connectivity index (χ3n) is 2.97. The number of rotatable bonds is 5. The van der Waals surface area contributed by atoms with Gasteiger partial charge < -0.3 is 0 Å². The second-order valence-corrected chi connectivity index (χ2v) is 6.02. The first-order valence-electron chi connectivity index (χ1n) is 6.52. The van der Waals surface area contributed by atoms with E-state index in [-0.39, 0.29) is 16.8 Å². The van der Waals surface area contributed by atoms with Crippen molar-refractivity contribution >= 4 is 28.9 Å². The van der Waals surface area contributed by atoms with Gasteiger partial charge in [-0.1, -0.05) is 49.2 Å². The normalized spacial score (nSPS) is 11.1. The SMILES string of the molecule is CC(C)Cc1nn(Cc2ccc(Cl)cc2)c(Cl)c1[N+](=O)[O-]. The van der Waals surface area contributed by atoms with Crippen LogP contribution in [0.5, 0.6) is 0 Å². The molecule has 0 bridgehead atoms. The summed E-state index contributed by atoms with van der Waals surface area (Å²) in [5.74, 6) is 0.263. The van der Waals surface area contributed by atoms with Gasteiger partial charge >= 0.3 is 5.69 Å². The van der Waals surface area contributed by atoms with Gasteiger partial charge in [-0.2, -0.15) is 5.10 Å². The molecule has 1 aromatic carbocycles. The van der Waals surface area contributed by atoms with Crippen molar-refractivity contribution in [1.82, 2.24) is 9.78 Å². The van der Waals surface area contributed by atoms with Gasteiger partial charge in [-0.3, -0.25) is 10.1 Å². The topological polar surface area (TPSA) is 61.0 Å². The summed E-state index contributed by atoms with van der Waals surface area (Å²) >= 11 is 12.0. The Hall–Kier alpha value is -1.59. The van der Waals surface area contributed by atoms with E-state index in [1.54, 1.807) is 12.1 Å². The summed E-state index contributed by atoms with van der Waals surface area (Å²) in [7, 11) is 0. The Morgan fingerprint density at radius 3 is 2.43 bits per heavy atom. The fraction of sp³-hybridized carbons (Fsp3) is 0.357. The quantitative estimate of drug-likeness (QED) is 0.606. The van der Waals surface area contributed by atoms with Crippen LogP contribution in [0.1, 0.15) is 25.1 Å². The third kappa shape index (κ3) is 3.74. The van der Waals surface area contributed by atoms with Crippen LogP contribution >= 0.6 is 23.2 Å². The van der Waals surface area contributed by atoms with E-state index in [1.165, 1.54) is 4.68 Å². The first kappa shape index (κ1) is 15.8. The average Bonchev–Trinajstić information content (AvgIpc) is 2.68. The molecule has 21 heavy (non-hydrogen) atoms. The molecule has 5 nitrogen and oxygen atoms in total. The maximum atomic E-state index is 11.2. The summed E-state index contributed by atoms with van der Waals surface area (Å²) in [6, 6.07) is 7.21. The fourth-order valence-electron chi connectivity index (χ4n) is 2.05. The van der Waals surface area contributed by atoms with Gasteiger partial charge in [-0.25, -0.2) is 4.68 Å². The summed E-state index contributed by atoms with van der Waals surface area (Å²) in [5.41, 5.74) is 1.25. The van der Waals surface area contributed by atoms with E-state index in [4.69, 9.17) is 23.2 Å². The molecule has 0 saturated carbocycles. The number of hydrogen-bond acceptors (Lipinski definition) is 3. The first-order valence-corrected chi connectivity index (χ1v) is 7.28. The van der Waals surface area contributed by atoms with Crippen LogP contribution in [-0.2, 0) is 13.0 Å². The molecule has 112 valence electrons. The number of nitro groups is 1. The minimum absolute atomic E-state index is 0.0607. The van der Waals surface area contributed by atoms with Crippen LogP contribution in [0.2, 0.25) is 10.2 Å². The first-order chi connectivity index (χ1) is 9.88. The number of hydrogen-bond donors (Lipinski definition) is 0. The lowest BCUT2D eigenvalue weighted by molar-refractivity contribution is -0.385. The van der Waals surface area contributed by atoms with Gasteiger partial charge in [0.1, 0.15) is 5.69 Å². The molecular weight excluding hydrogens is 313 g/mol. The van der Waals surface area contributed by atoms with E-state index in [2.05, 4.69) is 5.10 Å². The second-order valence-electron chi connectivity index (χ2n) is 5.23. The van der Waals surface area contributed by atoms with Gasteiger partial charge in [-0.05, 0) is 23.6 Å². The highest BCUT2D eigenvalue weighted by Gasteiger charge is 2.26. The Balaban J connectivity index is 2.35. The summed E-state index contributed by atoms with van der Waals surface area (Å²) in [4.78, 5) is 10.7. The Kier molecular flexibility index (Phi) is 4.85. The Morgan fingerprint density at radius 2 is 1.90 bits per heavy atom. The van der Waals surface area contributed by atoms with Crippen LogP contribution in [0.3, 0.4) is 0 Å². The molecule has 0 fully saturated rings. The lowest BCUT2D eigenvalue weighted by Gasteiger charge is -2.03. The fourth-order valence-corrected chi connectivity index (χ4v) is 2.45. The van der Waals surface area contributed by atoms with Crippen LogP contribution in [0.25, 0.3) is 0 Å². The van der Waals surface area contributed by atoms with E-state index in [0.717, 1.165) is 5.56 Å². The van der Waals surface area contributed by atoms with Crippen molar-refractivity contribution in [3.05, 3.63) is 55.8 Å². The van der Waals surface area contributed by atoms with Gasteiger partial charge in [0.2, 0.25) is 5.15 Å². The highest BCUT2D eigenvalue weighted by molar-refractivity contribution is 6.31. The van der Waals surface area contributed by atoms with Crippen molar-refractivity contribution in [3.8, 4) is 0 Å². The zero-order chi connectivity index (χ0) is 15.6. The molecule has 0 unspecified atom stereocenters. The van der Waals surface area contributed by atoms with Gasteiger partial charge in [0.05, 0.1) is 11.5 Å². The van der Waals surface area contributed by atoms with Crippen LogP contribution in [-0.4, -0.2) is 14.7 Å². The van der Waals surface area contributed by atoms with Gasteiger partial charge in [0, 0.05) is 11.4 Å². The minimum atomic E-state index is -0.467. The Bertz CT molecular complexity index is 651. The van der Waals surface area contributed by atoms with E-state index < -0.39 is 4.92 Å². The lowest BCUT2D eigenvalue weighted by Crippen LogP contribution is -2.03. The molecule has 2 rings (SSSR count). The predicted octanol–water partition coefficient (Wildman–Crippen LogP) is 4.34. The summed E-state index contributed by atoms with van der Waals surface area (Å²) in [5, 5.41) is 16.2. The van der Waals surface area contributed by atoms with Crippen molar-refractivity contribution in [2.45, 2.75) is 26.8 Å². The van der Waals surface area contributed by atoms with Crippen molar-refractivity contribution in [1.29, 1.82) is 0 Å². The van der Waals surface area contributed by atoms with Crippen LogP contribution in [0.15, 0.2) is 24.3 Å².